The Hall–Kier alpha value is -0.910. The summed E-state index contributed by atoms with van der Waals surface area (Å²) in [5, 5.41) is 3.29. The number of sulfonamides is 1. The molecule has 0 aromatic heterocycles. The molecule has 2 rings (SSSR count). The molecule has 0 aliphatic carbocycles. The number of nitrogens with zero attached hydrogens (tertiary/aromatic N) is 1. The van der Waals surface area contributed by atoms with Gasteiger partial charge in [-0.25, -0.2) is 8.42 Å². The lowest BCUT2D eigenvalue weighted by Crippen LogP contribution is -2.39. The fourth-order valence-electron chi connectivity index (χ4n) is 2.81. The molecule has 1 heterocycles. The maximum Gasteiger partial charge on any atom is 0.243 e. The van der Waals surface area contributed by atoms with E-state index in [1.165, 1.54) is 0 Å². The van der Waals surface area contributed by atoms with Crippen molar-refractivity contribution in [2.75, 3.05) is 19.6 Å². The molecular formula is C16H26N2O2S. The molecule has 1 aromatic rings. The second-order valence-electron chi connectivity index (χ2n) is 5.89. The lowest BCUT2D eigenvalue weighted by atomic mass is 10.0. The van der Waals surface area contributed by atoms with Crippen molar-refractivity contribution < 1.29 is 8.42 Å². The Morgan fingerprint density at radius 3 is 2.81 bits per heavy atom. The van der Waals surface area contributed by atoms with Gasteiger partial charge in [-0.3, -0.25) is 0 Å². The van der Waals surface area contributed by atoms with E-state index in [0.29, 0.717) is 30.4 Å². The first-order valence-electron chi connectivity index (χ1n) is 7.84. The number of piperidine rings is 1. The van der Waals surface area contributed by atoms with Crippen molar-refractivity contribution in [3.8, 4) is 0 Å². The molecule has 0 saturated carbocycles. The Kier molecular flexibility index (Phi) is 5.79. The predicted molar refractivity (Wildman–Crippen MR) is 85.6 cm³/mol. The van der Waals surface area contributed by atoms with E-state index in [1.807, 2.05) is 18.2 Å². The van der Waals surface area contributed by atoms with Gasteiger partial charge in [0.05, 0.1) is 4.90 Å². The Balaban J connectivity index is 2.22. The highest BCUT2D eigenvalue weighted by Crippen LogP contribution is 2.25. The molecular weight excluding hydrogens is 284 g/mol. The van der Waals surface area contributed by atoms with E-state index in [9.17, 15) is 8.42 Å². The average Bonchev–Trinajstić information content (AvgIpc) is 2.48. The fourth-order valence-corrected chi connectivity index (χ4v) is 4.63. The molecule has 1 atom stereocenters. The van der Waals surface area contributed by atoms with E-state index in [0.717, 1.165) is 31.4 Å². The fraction of sp³-hybridized carbons (Fsp3) is 0.625. The third kappa shape index (κ3) is 4.05. The van der Waals surface area contributed by atoms with Gasteiger partial charge in [-0.15, -0.1) is 0 Å². The minimum atomic E-state index is -3.37. The SMILES string of the molecule is CCCNCc1ccccc1S(=O)(=O)N1CCCC(C)C1. The molecule has 5 heteroatoms. The number of nitrogens with one attached hydrogen (secondary N) is 1. The van der Waals surface area contributed by atoms with Gasteiger partial charge in [0.15, 0.2) is 0 Å². The summed E-state index contributed by atoms with van der Waals surface area (Å²) in [7, 11) is -3.37. The lowest BCUT2D eigenvalue weighted by Gasteiger charge is -2.30. The van der Waals surface area contributed by atoms with Gasteiger partial charge in [0.1, 0.15) is 0 Å². The summed E-state index contributed by atoms with van der Waals surface area (Å²) in [6, 6.07) is 7.35. The molecule has 0 bridgehead atoms. The predicted octanol–water partition coefficient (Wildman–Crippen LogP) is 2.61. The van der Waals surface area contributed by atoms with Gasteiger partial charge in [-0.2, -0.15) is 4.31 Å². The van der Waals surface area contributed by atoms with Crippen LogP contribution in [0.1, 0.15) is 38.7 Å². The van der Waals surface area contributed by atoms with E-state index >= 15 is 0 Å². The summed E-state index contributed by atoms with van der Waals surface area (Å²) >= 11 is 0. The maximum absolute atomic E-state index is 12.9. The zero-order chi connectivity index (χ0) is 15.3. The first-order chi connectivity index (χ1) is 10.1. The van der Waals surface area contributed by atoms with Crippen LogP contribution in [0.25, 0.3) is 0 Å². The highest BCUT2D eigenvalue weighted by molar-refractivity contribution is 7.89. The van der Waals surface area contributed by atoms with Crippen molar-refractivity contribution in [3.63, 3.8) is 0 Å². The molecule has 1 saturated heterocycles. The van der Waals surface area contributed by atoms with E-state index in [4.69, 9.17) is 0 Å². The first kappa shape index (κ1) is 16.5. The Labute approximate surface area is 128 Å². The van der Waals surface area contributed by atoms with Gasteiger partial charge < -0.3 is 5.32 Å². The van der Waals surface area contributed by atoms with E-state index < -0.39 is 10.0 Å². The minimum Gasteiger partial charge on any atom is -0.313 e. The monoisotopic (exact) mass is 310 g/mol. The van der Waals surface area contributed by atoms with Crippen LogP contribution in [0.15, 0.2) is 29.2 Å². The molecule has 1 aliphatic heterocycles. The van der Waals surface area contributed by atoms with Crippen molar-refractivity contribution >= 4 is 10.0 Å². The van der Waals surface area contributed by atoms with E-state index in [2.05, 4.69) is 19.2 Å². The third-order valence-electron chi connectivity index (χ3n) is 3.95. The molecule has 1 unspecified atom stereocenters. The quantitative estimate of drug-likeness (QED) is 0.822. The number of hydrogen-bond donors (Lipinski definition) is 1. The van der Waals surface area contributed by atoms with Crippen LogP contribution in [0.2, 0.25) is 0 Å². The second kappa shape index (κ2) is 7.38. The molecule has 4 nitrogen and oxygen atoms in total. The Bertz CT molecular complexity index is 557. The van der Waals surface area contributed by atoms with Crippen LogP contribution in [0, 0.1) is 5.92 Å². The van der Waals surface area contributed by atoms with Gasteiger partial charge in [0, 0.05) is 19.6 Å². The van der Waals surface area contributed by atoms with Crippen molar-refractivity contribution in [2.24, 2.45) is 5.92 Å². The van der Waals surface area contributed by atoms with E-state index in [1.54, 1.807) is 10.4 Å². The zero-order valence-corrected chi connectivity index (χ0v) is 13.8. The summed E-state index contributed by atoms with van der Waals surface area (Å²) in [5.41, 5.74) is 0.865. The topological polar surface area (TPSA) is 49.4 Å². The third-order valence-corrected chi connectivity index (χ3v) is 5.92. The van der Waals surface area contributed by atoms with Gasteiger partial charge in [0.2, 0.25) is 10.0 Å². The van der Waals surface area contributed by atoms with Crippen LogP contribution in [0.3, 0.4) is 0 Å². The number of hydrogen-bond acceptors (Lipinski definition) is 3. The number of rotatable bonds is 6. The van der Waals surface area contributed by atoms with Crippen molar-refractivity contribution in [1.82, 2.24) is 9.62 Å². The van der Waals surface area contributed by atoms with Crippen LogP contribution < -0.4 is 5.32 Å². The zero-order valence-electron chi connectivity index (χ0n) is 13.0. The number of benzene rings is 1. The normalized spacial score (nSPS) is 20.6. The largest absolute Gasteiger partial charge is 0.313 e. The summed E-state index contributed by atoms with van der Waals surface area (Å²) in [5.74, 6) is 0.443. The van der Waals surface area contributed by atoms with Crippen LogP contribution in [-0.4, -0.2) is 32.4 Å². The molecule has 0 spiro atoms. The summed E-state index contributed by atoms with van der Waals surface area (Å²) in [6.45, 7) is 7.01. The summed E-state index contributed by atoms with van der Waals surface area (Å²) < 4.78 is 27.4. The van der Waals surface area contributed by atoms with Gasteiger partial charge in [0.25, 0.3) is 0 Å². The highest BCUT2D eigenvalue weighted by atomic mass is 32.2. The van der Waals surface area contributed by atoms with Gasteiger partial charge in [-0.1, -0.05) is 32.0 Å². The van der Waals surface area contributed by atoms with Gasteiger partial charge in [-0.05, 0) is 43.4 Å². The molecule has 1 fully saturated rings. The Morgan fingerprint density at radius 1 is 1.33 bits per heavy atom. The maximum atomic E-state index is 12.9. The molecule has 118 valence electrons. The van der Waals surface area contributed by atoms with Crippen LogP contribution in [0.4, 0.5) is 0 Å². The molecule has 0 radical (unpaired) electrons. The second-order valence-corrected chi connectivity index (χ2v) is 7.80. The first-order valence-corrected chi connectivity index (χ1v) is 9.28. The molecule has 1 N–H and O–H groups in total. The smallest absolute Gasteiger partial charge is 0.243 e. The van der Waals surface area contributed by atoms with Crippen LogP contribution in [0.5, 0.6) is 0 Å². The minimum absolute atomic E-state index is 0.443. The standard InChI is InChI=1S/C16H26N2O2S/c1-3-10-17-12-15-8-4-5-9-16(15)21(19,20)18-11-6-7-14(2)13-18/h4-5,8-9,14,17H,3,6-7,10-13H2,1-2H3. The van der Waals surface area contributed by atoms with E-state index in [-0.39, 0.29) is 0 Å². The Morgan fingerprint density at radius 2 is 2.10 bits per heavy atom. The van der Waals surface area contributed by atoms with Crippen LogP contribution >= 0.6 is 0 Å². The van der Waals surface area contributed by atoms with Crippen LogP contribution in [-0.2, 0) is 16.6 Å². The molecule has 0 amide bonds. The summed E-state index contributed by atoms with van der Waals surface area (Å²) in [6.07, 6.45) is 3.11. The van der Waals surface area contributed by atoms with Crippen molar-refractivity contribution in [3.05, 3.63) is 29.8 Å². The highest BCUT2D eigenvalue weighted by Gasteiger charge is 2.29. The molecule has 1 aliphatic rings. The molecule has 21 heavy (non-hydrogen) atoms. The van der Waals surface area contributed by atoms with Crippen molar-refractivity contribution in [2.45, 2.75) is 44.6 Å². The lowest BCUT2D eigenvalue weighted by molar-refractivity contribution is 0.281. The average molecular weight is 310 g/mol. The molecule has 1 aromatic carbocycles. The summed E-state index contributed by atoms with van der Waals surface area (Å²) in [4.78, 5) is 0.461. The van der Waals surface area contributed by atoms with Gasteiger partial charge >= 0.3 is 0 Å². The van der Waals surface area contributed by atoms with Crippen molar-refractivity contribution in [1.29, 1.82) is 0 Å².